The third-order valence-electron chi connectivity index (χ3n) is 2.53. The number of ether oxygens (including phenoxy) is 1. The molecule has 0 saturated carbocycles. The van der Waals surface area contributed by atoms with E-state index in [0.29, 0.717) is 5.75 Å². The van der Waals surface area contributed by atoms with Crippen molar-refractivity contribution in [2.45, 2.75) is 13.5 Å². The molecule has 0 unspecified atom stereocenters. The van der Waals surface area contributed by atoms with E-state index in [4.69, 9.17) is 4.74 Å². The van der Waals surface area contributed by atoms with Gasteiger partial charge in [0.25, 0.3) is 0 Å². The van der Waals surface area contributed by atoms with Crippen molar-refractivity contribution < 1.29 is 13.9 Å². The molecule has 5 heteroatoms. The highest BCUT2D eigenvalue weighted by atomic mass is 19.1. The predicted molar refractivity (Wildman–Crippen MR) is 64.2 cm³/mol. The van der Waals surface area contributed by atoms with Crippen molar-refractivity contribution in [2.24, 2.45) is 0 Å². The number of benzene rings is 1. The average Bonchev–Trinajstić information content (AvgIpc) is 2.74. The summed E-state index contributed by atoms with van der Waals surface area (Å²) in [6.45, 7) is 1.95. The monoisotopic (exact) mass is 248 g/mol. The Hall–Kier alpha value is -2.17. The van der Waals surface area contributed by atoms with Crippen LogP contribution in [0.25, 0.3) is 0 Å². The molecule has 0 aliphatic heterocycles. The first-order valence-corrected chi connectivity index (χ1v) is 5.46. The molecule has 94 valence electrons. The van der Waals surface area contributed by atoms with Crippen LogP contribution in [0.4, 0.5) is 4.39 Å². The number of methoxy groups -OCH3 is 1. The molecule has 2 aromatic rings. The predicted octanol–water partition coefficient (Wildman–Crippen LogP) is 2.22. The number of rotatable bonds is 4. The summed E-state index contributed by atoms with van der Waals surface area (Å²) in [5.74, 6) is -0.337. The Morgan fingerprint density at radius 3 is 2.89 bits per heavy atom. The normalized spacial score (nSPS) is 10.4. The Kier molecular flexibility index (Phi) is 3.41. The van der Waals surface area contributed by atoms with E-state index in [0.717, 1.165) is 5.56 Å². The third-order valence-corrected chi connectivity index (χ3v) is 2.53. The van der Waals surface area contributed by atoms with E-state index in [-0.39, 0.29) is 17.9 Å². The van der Waals surface area contributed by atoms with Gasteiger partial charge < -0.3 is 4.74 Å². The lowest BCUT2D eigenvalue weighted by atomic mass is 10.1. The maximum Gasteiger partial charge on any atom is 0.188 e. The number of carbonyl (C=O) groups excluding carboxylic acids is 1. The first-order chi connectivity index (χ1) is 8.60. The number of ketones is 1. The van der Waals surface area contributed by atoms with Gasteiger partial charge in [-0.1, -0.05) is 0 Å². The lowest BCUT2D eigenvalue weighted by Crippen LogP contribution is -2.12. The average molecular weight is 248 g/mol. The summed E-state index contributed by atoms with van der Waals surface area (Å²) in [5.41, 5.74) is 1.19. The molecule has 0 N–H and O–H groups in total. The fraction of sp³-hybridized carbons (Fsp3) is 0.231. The highest BCUT2D eigenvalue weighted by Gasteiger charge is 2.14. The van der Waals surface area contributed by atoms with Crippen LogP contribution >= 0.6 is 0 Å². The maximum atomic E-state index is 13.2. The van der Waals surface area contributed by atoms with Crippen LogP contribution < -0.4 is 4.74 Å². The van der Waals surface area contributed by atoms with Crippen LogP contribution in [-0.4, -0.2) is 22.7 Å². The van der Waals surface area contributed by atoms with Gasteiger partial charge in [0, 0.05) is 6.20 Å². The third kappa shape index (κ3) is 2.56. The molecule has 1 aromatic carbocycles. The zero-order valence-corrected chi connectivity index (χ0v) is 10.2. The SMILES string of the molecule is COc1ccc(F)cc1C(=O)Cn1cc(C)cn1. The van der Waals surface area contributed by atoms with Gasteiger partial charge in [0.15, 0.2) is 5.78 Å². The molecular weight excluding hydrogens is 235 g/mol. The molecule has 0 aliphatic carbocycles. The zero-order chi connectivity index (χ0) is 13.1. The molecule has 18 heavy (non-hydrogen) atoms. The Morgan fingerprint density at radius 2 is 2.28 bits per heavy atom. The number of aromatic nitrogens is 2. The van der Waals surface area contributed by atoms with Crippen LogP contribution in [0.3, 0.4) is 0 Å². The topological polar surface area (TPSA) is 44.1 Å². The minimum Gasteiger partial charge on any atom is -0.496 e. The number of nitrogens with zero attached hydrogens (tertiary/aromatic N) is 2. The van der Waals surface area contributed by atoms with E-state index in [1.165, 1.54) is 30.0 Å². The van der Waals surface area contributed by atoms with Crippen molar-refractivity contribution in [2.75, 3.05) is 7.11 Å². The quantitative estimate of drug-likeness (QED) is 0.779. The molecule has 2 rings (SSSR count). The second kappa shape index (κ2) is 5.00. The number of aryl methyl sites for hydroxylation is 1. The van der Waals surface area contributed by atoms with E-state index in [2.05, 4.69) is 5.10 Å². The maximum absolute atomic E-state index is 13.2. The van der Waals surface area contributed by atoms with E-state index in [1.807, 2.05) is 6.92 Å². The molecule has 0 fully saturated rings. The van der Waals surface area contributed by atoms with Gasteiger partial charge in [-0.15, -0.1) is 0 Å². The summed E-state index contributed by atoms with van der Waals surface area (Å²) in [7, 11) is 1.45. The van der Waals surface area contributed by atoms with Gasteiger partial charge in [-0.05, 0) is 30.7 Å². The first kappa shape index (κ1) is 12.3. The molecule has 0 spiro atoms. The Morgan fingerprint density at radius 1 is 1.50 bits per heavy atom. The van der Waals surface area contributed by atoms with Gasteiger partial charge in [-0.2, -0.15) is 5.10 Å². The van der Waals surface area contributed by atoms with Crippen molar-refractivity contribution in [1.82, 2.24) is 9.78 Å². The molecule has 0 radical (unpaired) electrons. The van der Waals surface area contributed by atoms with Gasteiger partial charge >= 0.3 is 0 Å². The molecule has 0 amide bonds. The van der Waals surface area contributed by atoms with Crippen molar-refractivity contribution in [1.29, 1.82) is 0 Å². The highest BCUT2D eigenvalue weighted by Crippen LogP contribution is 2.20. The molecule has 0 saturated heterocycles. The van der Waals surface area contributed by atoms with E-state index in [1.54, 1.807) is 12.4 Å². The highest BCUT2D eigenvalue weighted by molar-refractivity contribution is 5.98. The largest absolute Gasteiger partial charge is 0.496 e. The van der Waals surface area contributed by atoms with Gasteiger partial charge in [-0.3, -0.25) is 9.48 Å². The van der Waals surface area contributed by atoms with Gasteiger partial charge in [0.1, 0.15) is 18.1 Å². The molecule has 0 bridgehead atoms. The second-order valence-electron chi connectivity index (χ2n) is 3.98. The molecule has 4 nitrogen and oxygen atoms in total. The first-order valence-electron chi connectivity index (χ1n) is 5.46. The number of hydrogen-bond donors (Lipinski definition) is 0. The molecule has 1 aromatic heterocycles. The molecule has 0 atom stereocenters. The van der Waals surface area contributed by atoms with Crippen molar-refractivity contribution in [3.05, 3.63) is 47.5 Å². The van der Waals surface area contributed by atoms with Crippen LogP contribution in [-0.2, 0) is 6.54 Å². The number of halogens is 1. The van der Waals surface area contributed by atoms with Crippen LogP contribution in [0.15, 0.2) is 30.6 Å². The minimum absolute atomic E-state index is 0.0631. The summed E-state index contributed by atoms with van der Waals surface area (Å²) < 4.78 is 19.7. The van der Waals surface area contributed by atoms with Crippen LogP contribution in [0, 0.1) is 12.7 Å². The van der Waals surface area contributed by atoms with Gasteiger partial charge in [0.05, 0.1) is 18.9 Å². The Balaban J connectivity index is 2.25. The van der Waals surface area contributed by atoms with E-state index in [9.17, 15) is 9.18 Å². The molecule has 1 heterocycles. The molecule has 0 aliphatic rings. The van der Waals surface area contributed by atoms with Crippen LogP contribution in [0.5, 0.6) is 5.75 Å². The fourth-order valence-electron chi connectivity index (χ4n) is 1.68. The number of carbonyl (C=O) groups is 1. The van der Waals surface area contributed by atoms with Crippen molar-refractivity contribution >= 4 is 5.78 Å². The lowest BCUT2D eigenvalue weighted by Gasteiger charge is -2.07. The standard InChI is InChI=1S/C13H13FN2O2/c1-9-6-15-16(7-9)8-12(17)11-5-10(14)3-4-13(11)18-2/h3-7H,8H2,1-2H3. The van der Waals surface area contributed by atoms with Crippen LogP contribution in [0.2, 0.25) is 0 Å². The van der Waals surface area contributed by atoms with Crippen molar-refractivity contribution in [3.63, 3.8) is 0 Å². The van der Waals surface area contributed by atoms with Crippen LogP contribution in [0.1, 0.15) is 15.9 Å². The number of Topliss-reactive ketones (excluding diaryl/α,β-unsaturated/α-hetero) is 1. The summed E-state index contributed by atoms with van der Waals surface area (Å²) in [4.78, 5) is 12.0. The number of hydrogen-bond acceptors (Lipinski definition) is 3. The molecular formula is C13H13FN2O2. The zero-order valence-electron chi connectivity index (χ0n) is 10.2. The van der Waals surface area contributed by atoms with Gasteiger partial charge in [-0.25, -0.2) is 4.39 Å². The Labute approximate surface area is 104 Å². The van der Waals surface area contributed by atoms with Crippen molar-refractivity contribution in [3.8, 4) is 5.75 Å². The smallest absolute Gasteiger partial charge is 0.188 e. The van der Waals surface area contributed by atoms with E-state index >= 15 is 0 Å². The Bertz CT molecular complexity index is 578. The summed E-state index contributed by atoms with van der Waals surface area (Å²) in [6, 6.07) is 3.88. The summed E-state index contributed by atoms with van der Waals surface area (Å²) in [5, 5.41) is 4.02. The summed E-state index contributed by atoms with van der Waals surface area (Å²) in [6.07, 6.45) is 3.42. The summed E-state index contributed by atoms with van der Waals surface area (Å²) >= 11 is 0. The van der Waals surface area contributed by atoms with E-state index < -0.39 is 5.82 Å². The van der Waals surface area contributed by atoms with Gasteiger partial charge in [0.2, 0.25) is 0 Å². The second-order valence-corrected chi connectivity index (χ2v) is 3.98. The fourth-order valence-corrected chi connectivity index (χ4v) is 1.68. The minimum atomic E-state index is -0.462. The lowest BCUT2D eigenvalue weighted by molar-refractivity contribution is 0.0964.